The number of rotatable bonds is 19. The Morgan fingerprint density at radius 2 is 1.07 bits per heavy atom. The number of hydrogen-bond acceptors (Lipinski definition) is 2. The third kappa shape index (κ3) is 17.1. The van der Waals surface area contributed by atoms with Crippen LogP contribution in [-0.4, -0.2) is 48.0 Å². The highest BCUT2D eigenvalue weighted by molar-refractivity contribution is 5.74. The average Bonchev–Trinajstić information content (AvgIpc) is 2.64. The van der Waals surface area contributed by atoms with Gasteiger partial charge in [0.25, 0.3) is 5.91 Å². The van der Waals surface area contributed by atoms with E-state index in [2.05, 4.69) is 6.92 Å². The maximum absolute atomic E-state index is 12.2. The summed E-state index contributed by atoms with van der Waals surface area (Å²) in [6, 6.07) is 0. The first kappa shape index (κ1) is 30.9. The zero-order valence-electron chi connectivity index (χ0n) is 20.2. The van der Waals surface area contributed by atoms with Crippen LogP contribution in [0, 0.1) is 0 Å². The van der Waals surface area contributed by atoms with Crippen molar-refractivity contribution in [2.75, 3.05) is 21.1 Å². The Morgan fingerprint density at radius 1 is 0.724 bits per heavy atom. The second kappa shape index (κ2) is 19.6. The molecule has 0 fully saturated rings. The van der Waals surface area contributed by atoms with Crippen LogP contribution in [0.5, 0.6) is 0 Å². The molecule has 0 aliphatic rings. The van der Waals surface area contributed by atoms with Gasteiger partial charge in [0.1, 0.15) is 0 Å². The normalized spacial score (nSPS) is 12.5. The molecule has 0 aliphatic heterocycles. The van der Waals surface area contributed by atoms with Gasteiger partial charge in [0.05, 0.1) is 21.1 Å². The Bertz CT molecular complexity index is 372. The van der Waals surface area contributed by atoms with Crippen LogP contribution in [-0.2, 0) is 4.79 Å². The highest BCUT2D eigenvalue weighted by atomic mass is 35.5. The fourth-order valence-corrected chi connectivity index (χ4v) is 3.98. The van der Waals surface area contributed by atoms with Crippen molar-refractivity contribution in [2.24, 2.45) is 0 Å². The molecule has 0 heterocycles. The summed E-state index contributed by atoms with van der Waals surface area (Å²) in [6.07, 6.45) is 20.9. The zero-order chi connectivity index (χ0) is 21.3. The molecule has 1 unspecified atom stereocenters. The summed E-state index contributed by atoms with van der Waals surface area (Å²) in [6.45, 7) is 4.29. The molecule has 29 heavy (non-hydrogen) atoms. The van der Waals surface area contributed by atoms with Crippen LogP contribution in [0.3, 0.4) is 0 Å². The van der Waals surface area contributed by atoms with Crippen molar-refractivity contribution >= 4 is 5.91 Å². The number of quaternary nitrogens is 1. The lowest BCUT2D eigenvalue weighted by Gasteiger charge is -2.37. The van der Waals surface area contributed by atoms with Gasteiger partial charge in [0.2, 0.25) is 0 Å². The van der Waals surface area contributed by atoms with E-state index in [1.165, 1.54) is 83.5 Å². The minimum Gasteiger partial charge on any atom is -1.00 e. The molecule has 0 spiro atoms. The molecule has 176 valence electrons. The smallest absolute Gasteiger partial charge is 0.251 e. The first-order valence-electron chi connectivity index (χ1n) is 12.2. The van der Waals surface area contributed by atoms with Crippen molar-refractivity contribution in [3.8, 4) is 0 Å². The van der Waals surface area contributed by atoms with E-state index in [-0.39, 0.29) is 24.5 Å². The van der Waals surface area contributed by atoms with E-state index in [0.717, 1.165) is 24.3 Å². The third-order valence-electron chi connectivity index (χ3n) is 5.79. The quantitative estimate of drug-likeness (QED) is 0.110. The van der Waals surface area contributed by atoms with Gasteiger partial charge < -0.3 is 16.9 Å². The standard InChI is InChI=1S/C24H51N2O2.ClH/c1-6-8-9-10-11-12-13-14-15-16-17-18-19-20-21-22-24(27)25(28)23(7-2)26(3,4)5;/h23,28H,6-22H2,1-5H3;1H/q+1;/p-1. The maximum Gasteiger partial charge on any atom is 0.251 e. The molecule has 0 aliphatic carbocycles. The van der Waals surface area contributed by atoms with E-state index in [0.29, 0.717) is 10.9 Å². The van der Waals surface area contributed by atoms with Gasteiger partial charge >= 0.3 is 0 Å². The van der Waals surface area contributed by atoms with Crippen LogP contribution in [0.25, 0.3) is 0 Å². The first-order chi connectivity index (χ1) is 13.3. The van der Waals surface area contributed by atoms with Crippen LogP contribution in [0.1, 0.15) is 123 Å². The van der Waals surface area contributed by atoms with Crippen molar-refractivity contribution in [3.05, 3.63) is 0 Å². The fraction of sp³-hybridized carbons (Fsp3) is 0.958. The van der Waals surface area contributed by atoms with Gasteiger partial charge in [0, 0.05) is 12.8 Å². The van der Waals surface area contributed by atoms with E-state index in [1.807, 2.05) is 28.1 Å². The minimum atomic E-state index is -0.163. The Labute approximate surface area is 188 Å². The SMILES string of the molecule is CCCCCCCCCCCCCCCCCC(=O)N(O)C(CC)[N+](C)(C)C.[Cl-]. The minimum absolute atomic E-state index is 0. The molecule has 0 radical (unpaired) electrons. The van der Waals surface area contributed by atoms with Crippen LogP contribution < -0.4 is 12.4 Å². The number of hydrogen-bond donors (Lipinski definition) is 1. The van der Waals surface area contributed by atoms with Crippen LogP contribution in [0.4, 0.5) is 0 Å². The Morgan fingerprint density at radius 3 is 1.38 bits per heavy atom. The molecule has 0 bridgehead atoms. The monoisotopic (exact) mass is 434 g/mol. The van der Waals surface area contributed by atoms with Gasteiger partial charge in [-0.25, -0.2) is 0 Å². The number of unbranched alkanes of at least 4 members (excludes halogenated alkanes) is 14. The summed E-state index contributed by atoms with van der Waals surface area (Å²) in [7, 11) is 6.04. The Hall–Kier alpha value is -0.320. The molecule has 0 saturated heterocycles. The predicted octanol–water partition coefficient (Wildman–Crippen LogP) is 3.91. The van der Waals surface area contributed by atoms with Crippen molar-refractivity contribution in [1.82, 2.24) is 5.06 Å². The number of amides is 1. The third-order valence-corrected chi connectivity index (χ3v) is 5.79. The molecule has 0 saturated carbocycles. The second-order valence-electron chi connectivity index (χ2n) is 9.44. The average molecular weight is 435 g/mol. The zero-order valence-corrected chi connectivity index (χ0v) is 21.0. The largest absolute Gasteiger partial charge is 1.00 e. The van der Waals surface area contributed by atoms with Crippen molar-refractivity contribution in [1.29, 1.82) is 0 Å². The molecule has 5 heteroatoms. The lowest BCUT2D eigenvalue weighted by Crippen LogP contribution is -3.00. The predicted molar refractivity (Wildman–Crippen MR) is 120 cm³/mol. The summed E-state index contributed by atoms with van der Waals surface area (Å²) in [5.74, 6) is -0.130. The van der Waals surface area contributed by atoms with Crippen LogP contribution >= 0.6 is 0 Å². The number of carbonyl (C=O) groups is 1. The van der Waals surface area contributed by atoms with Crippen molar-refractivity contribution in [3.63, 3.8) is 0 Å². The molecular weight excluding hydrogens is 384 g/mol. The lowest BCUT2D eigenvalue weighted by atomic mass is 10.0. The summed E-state index contributed by atoms with van der Waals surface area (Å²) >= 11 is 0. The highest BCUT2D eigenvalue weighted by Gasteiger charge is 2.31. The number of hydroxylamine groups is 2. The number of nitrogens with zero attached hydrogens (tertiary/aromatic N) is 2. The second-order valence-corrected chi connectivity index (χ2v) is 9.44. The topological polar surface area (TPSA) is 40.5 Å². The molecule has 0 aromatic carbocycles. The summed E-state index contributed by atoms with van der Waals surface area (Å²) < 4.78 is 0.567. The van der Waals surface area contributed by atoms with Crippen LogP contribution in [0.2, 0.25) is 0 Å². The lowest BCUT2D eigenvalue weighted by molar-refractivity contribution is -0.912. The molecule has 0 rings (SSSR count). The van der Waals surface area contributed by atoms with E-state index in [1.54, 1.807) is 0 Å². The van der Waals surface area contributed by atoms with Crippen LogP contribution in [0.15, 0.2) is 0 Å². The first-order valence-corrected chi connectivity index (χ1v) is 12.2. The van der Waals surface area contributed by atoms with Gasteiger partial charge in [0.15, 0.2) is 6.17 Å². The van der Waals surface area contributed by atoms with Gasteiger partial charge in [-0.1, -0.05) is 104 Å². The fourth-order valence-electron chi connectivity index (χ4n) is 3.98. The van der Waals surface area contributed by atoms with E-state index in [9.17, 15) is 10.0 Å². The van der Waals surface area contributed by atoms with Crippen molar-refractivity contribution < 1.29 is 26.9 Å². The Balaban J connectivity index is 0. The Kier molecular flexibility index (Phi) is 20.9. The summed E-state index contributed by atoms with van der Waals surface area (Å²) in [5, 5.41) is 11.2. The molecule has 4 nitrogen and oxygen atoms in total. The molecular formula is C24H51ClN2O2. The van der Waals surface area contributed by atoms with E-state index >= 15 is 0 Å². The van der Waals surface area contributed by atoms with Crippen molar-refractivity contribution in [2.45, 2.75) is 129 Å². The summed E-state index contributed by atoms with van der Waals surface area (Å²) in [4.78, 5) is 12.2. The number of halogens is 1. The highest BCUT2D eigenvalue weighted by Crippen LogP contribution is 2.16. The van der Waals surface area contributed by atoms with Gasteiger partial charge in [-0.2, -0.15) is 5.06 Å². The molecule has 0 aromatic heterocycles. The molecule has 1 amide bonds. The molecule has 1 atom stereocenters. The number of carbonyl (C=O) groups excluding carboxylic acids is 1. The van der Waals surface area contributed by atoms with Gasteiger partial charge in [-0.3, -0.25) is 10.0 Å². The van der Waals surface area contributed by atoms with Gasteiger partial charge in [-0.15, -0.1) is 0 Å². The van der Waals surface area contributed by atoms with E-state index < -0.39 is 0 Å². The van der Waals surface area contributed by atoms with E-state index in [4.69, 9.17) is 0 Å². The molecule has 1 N–H and O–H groups in total. The van der Waals surface area contributed by atoms with Gasteiger partial charge in [-0.05, 0) is 6.42 Å². The maximum atomic E-state index is 12.2. The molecule has 0 aromatic rings. The summed E-state index contributed by atoms with van der Waals surface area (Å²) in [5.41, 5.74) is 0.